The summed E-state index contributed by atoms with van der Waals surface area (Å²) in [6, 6.07) is 3.56. The third kappa shape index (κ3) is 6.43. The number of carbonyl (C=O) groups excluding carboxylic acids is 2. The summed E-state index contributed by atoms with van der Waals surface area (Å²) in [5, 5.41) is 11.1. The van der Waals surface area contributed by atoms with E-state index in [4.69, 9.17) is 9.57 Å². The smallest absolute Gasteiger partial charge is 0.427 e. The van der Waals surface area contributed by atoms with Crippen LogP contribution in [0.15, 0.2) is 29.2 Å². The number of nitrogens with zero attached hydrogens (tertiary/aromatic N) is 2. The molecule has 1 unspecified atom stereocenters. The van der Waals surface area contributed by atoms with Crippen LogP contribution in [0.2, 0.25) is 0 Å². The Balaban J connectivity index is 1.89. The van der Waals surface area contributed by atoms with Crippen LogP contribution in [0, 0.1) is 17.2 Å². The second kappa shape index (κ2) is 9.66. The van der Waals surface area contributed by atoms with Crippen LogP contribution in [0.25, 0.3) is 0 Å². The van der Waals surface area contributed by atoms with E-state index in [-0.39, 0.29) is 5.92 Å². The van der Waals surface area contributed by atoms with Crippen molar-refractivity contribution in [1.29, 1.82) is 5.26 Å². The maximum absolute atomic E-state index is 13.5. The van der Waals surface area contributed by atoms with Gasteiger partial charge in [0.1, 0.15) is 17.7 Å². The molecule has 2 aliphatic rings. The maximum Gasteiger partial charge on any atom is 0.528 e. The van der Waals surface area contributed by atoms with Gasteiger partial charge in [0.2, 0.25) is 5.91 Å². The van der Waals surface area contributed by atoms with Crippen LogP contribution in [-0.2, 0) is 30.4 Å². The normalized spacial score (nSPS) is 22.2. The minimum atomic E-state index is -4.92. The molecule has 2 fully saturated rings. The Morgan fingerprint density at radius 3 is 2.37 bits per heavy atom. The zero-order valence-electron chi connectivity index (χ0n) is 19.3. The van der Waals surface area contributed by atoms with Crippen molar-refractivity contribution in [3.63, 3.8) is 0 Å². The molecular weight excluding hydrogens is 491 g/mol. The van der Waals surface area contributed by atoms with Crippen LogP contribution in [0.5, 0.6) is 0 Å². The van der Waals surface area contributed by atoms with E-state index in [2.05, 4.69) is 5.32 Å². The van der Waals surface area contributed by atoms with Crippen molar-refractivity contribution in [3.8, 4) is 6.07 Å². The average Bonchev–Trinajstić information content (AvgIpc) is 3.49. The molecule has 192 valence electrons. The number of carbonyl (C=O) groups is 2. The molecular formula is C22H26F3N3O6S. The first-order valence-electron chi connectivity index (χ1n) is 10.9. The lowest BCUT2D eigenvalue weighted by molar-refractivity contribution is -0.162. The van der Waals surface area contributed by atoms with E-state index in [1.54, 1.807) is 20.8 Å². The van der Waals surface area contributed by atoms with E-state index in [0.717, 1.165) is 30.0 Å². The lowest BCUT2D eigenvalue weighted by Gasteiger charge is -2.25. The third-order valence-electron chi connectivity index (χ3n) is 5.57. The molecule has 1 aromatic carbocycles. The average molecular weight is 518 g/mol. The second-order valence-electron chi connectivity index (χ2n) is 9.52. The molecule has 13 heteroatoms. The van der Waals surface area contributed by atoms with E-state index < -0.39 is 74.4 Å². The molecule has 3 rings (SSSR count). The van der Waals surface area contributed by atoms with Gasteiger partial charge in [-0.05, 0) is 58.1 Å². The highest BCUT2D eigenvalue weighted by Gasteiger charge is 2.49. The zero-order chi connectivity index (χ0) is 26.2. The van der Waals surface area contributed by atoms with Crippen LogP contribution >= 0.6 is 0 Å². The minimum Gasteiger partial charge on any atom is -0.427 e. The van der Waals surface area contributed by atoms with Crippen LogP contribution in [-0.4, -0.2) is 55.0 Å². The Labute approximate surface area is 201 Å². The Morgan fingerprint density at radius 2 is 1.83 bits per heavy atom. The number of nitrogens with one attached hydrogen (secondary N) is 1. The number of hydrogen-bond donors (Lipinski definition) is 1. The van der Waals surface area contributed by atoms with Gasteiger partial charge >= 0.3 is 12.3 Å². The van der Waals surface area contributed by atoms with E-state index in [9.17, 15) is 36.4 Å². The third-order valence-corrected chi connectivity index (χ3v) is 7.76. The Bertz CT molecular complexity index is 1120. The monoisotopic (exact) mass is 517 g/mol. The summed E-state index contributed by atoms with van der Waals surface area (Å²) in [6.45, 7) is 4.14. The van der Waals surface area contributed by atoms with Gasteiger partial charge in [0.15, 0.2) is 9.84 Å². The largest absolute Gasteiger partial charge is 0.528 e. The summed E-state index contributed by atoms with van der Waals surface area (Å²) in [6.07, 6.45) is -5.09. The summed E-state index contributed by atoms with van der Waals surface area (Å²) < 4.78 is 72.0. The van der Waals surface area contributed by atoms with Crippen LogP contribution < -0.4 is 5.32 Å². The van der Waals surface area contributed by atoms with Gasteiger partial charge in [0, 0.05) is 0 Å². The van der Waals surface area contributed by atoms with Gasteiger partial charge in [0.25, 0.3) is 0 Å². The van der Waals surface area contributed by atoms with Crippen molar-refractivity contribution in [2.24, 2.45) is 5.92 Å². The first-order valence-corrected chi connectivity index (χ1v) is 12.5. The topological polar surface area (TPSA) is 126 Å². The molecule has 1 saturated carbocycles. The number of benzene rings is 1. The van der Waals surface area contributed by atoms with Gasteiger partial charge in [-0.3, -0.25) is 4.79 Å². The van der Waals surface area contributed by atoms with Crippen molar-refractivity contribution in [2.45, 2.75) is 74.0 Å². The SMILES string of the molecule is CC(C)(C)OC(=O)ON1C[C@H](S(=O)(=O)c2ccccc2C(F)(F)F)C[C@H]1C(=O)NC(C#N)C1CC1. The summed E-state index contributed by atoms with van der Waals surface area (Å²) in [7, 11) is -4.60. The van der Waals surface area contributed by atoms with Crippen LogP contribution in [0.1, 0.15) is 45.6 Å². The van der Waals surface area contributed by atoms with Crippen LogP contribution in [0.3, 0.4) is 0 Å². The molecule has 1 aliphatic heterocycles. The highest BCUT2D eigenvalue weighted by Crippen LogP contribution is 2.38. The van der Waals surface area contributed by atoms with Gasteiger partial charge < -0.3 is 14.9 Å². The predicted molar refractivity (Wildman–Crippen MR) is 115 cm³/mol. The summed E-state index contributed by atoms with van der Waals surface area (Å²) in [5.41, 5.74) is -2.28. The molecule has 1 aromatic rings. The number of hydroxylamine groups is 2. The van der Waals surface area contributed by atoms with Gasteiger partial charge in [-0.1, -0.05) is 12.1 Å². The number of sulfone groups is 1. The molecule has 1 N–H and O–H groups in total. The van der Waals surface area contributed by atoms with Crippen molar-refractivity contribution in [3.05, 3.63) is 29.8 Å². The first-order chi connectivity index (χ1) is 16.1. The molecule has 0 radical (unpaired) electrons. The zero-order valence-corrected chi connectivity index (χ0v) is 20.1. The minimum absolute atomic E-state index is 0.0382. The highest BCUT2D eigenvalue weighted by molar-refractivity contribution is 7.92. The van der Waals surface area contributed by atoms with Gasteiger partial charge in [-0.2, -0.15) is 18.4 Å². The number of amides is 1. The number of halogens is 3. The summed E-state index contributed by atoms with van der Waals surface area (Å²) in [5.74, 6) is -0.808. The fraction of sp³-hybridized carbons (Fsp3) is 0.591. The highest BCUT2D eigenvalue weighted by atomic mass is 32.2. The molecule has 3 atom stereocenters. The van der Waals surface area contributed by atoms with Crippen molar-refractivity contribution < 1.29 is 40.8 Å². The van der Waals surface area contributed by atoms with Crippen molar-refractivity contribution in [1.82, 2.24) is 10.4 Å². The molecule has 1 heterocycles. The molecule has 0 spiro atoms. The lowest BCUT2D eigenvalue weighted by Crippen LogP contribution is -2.48. The summed E-state index contributed by atoms with van der Waals surface area (Å²) >= 11 is 0. The van der Waals surface area contributed by atoms with Crippen molar-refractivity contribution >= 4 is 21.9 Å². The number of hydrogen-bond acceptors (Lipinski definition) is 8. The second-order valence-corrected chi connectivity index (χ2v) is 11.7. The molecule has 1 aliphatic carbocycles. The Hall–Kier alpha value is -2.85. The maximum atomic E-state index is 13.5. The lowest BCUT2D eigenvalue weighted by atomic mass is 10.1. The fourth-order valence-electron chi connectivity index (χ4n) is 3.76. The Morgan fingerprint density at radius 1 is 1.20 bits per heavy atom. The Kier molecular flexibility index (Phi) is 7.38. The number of rotatable bonds is 6. The molecule has 0 aromatic heterocycles. The molecule has 9 nitrogen and oxygen atoms in total. The van der Waals surface area contributed by atoms with E-state index in [1.807, 2.05) is 6.07 Å². The van der Waals surface area contributed by atoms with E-state index in [1.165, 1.54) is 6.07 Å². The number of ether oxygens (including phenoxy) is 1. The first kappa shape index (κ1) is 26.7. The van der Waals surface area contributed by atoms with E-state index in [0.29, 0.717) is 6.07 Å². The quantitative estimate of drug-likeness (QED) is 0.570. The van der Waals surface area contributed by atoms with Gasteiger partial charge in [-0.25, -0.2) is 13.2 Å². The van der Waals surface area contributed by atoms with Crippen molar-refractivity contribution in [2.75, 3.05) is 6.54 Å². The molecule has 1 saturated heterocycles. The van der Waals surface area contributed by atoms with Crippen LogP contribution in [0.4, 0.5) is 18.0 Å². The van der Waals surface area contributed by atoms with E-state index >= 15 is 0 Å². The standard InChI is InChI=1S/C22H26F3N3O6S/c1-21(2,3)33-20(30)34-28-12-14(10-17(28)19(29)27-16(11-26)13-8-9-13)35(31,32)18-7-5-4-6-15(18)22(23,24)25/h4-7,13-14,16-17H,8-10,12H2,1-3H3,(H,27,29)/t14-,16?,17+/m1/s1. The van der Waals surface area contributed by atoms with Gasteiger partial charge in [-0.15, -0.1) is 5.06 Å². The number of alkyl halides is 3. The molecule has 0 bridgehead atoms. The number of nitriles is 1. The summed E-state index contributed by atoms with van der Waals surface area (Å²) in [4.78, 5) is 29.4. The molecule has 1 amide bonds. The fourth-order valence-corrected chi connectivity index (χ4v) is 5.66. The van der Waals surface area contributed by atoms with Gasteiger partial charge in [0.05, 0.1) is 28.3 Å². The molecule has 35 heavy (non-hydrogen) atoms. The predicted octanol–water partition coefficient (Wildman–Crippen LogP) is 3.21.